The zero-order chi connectivity index (χ0) is 11.1. The third kappa shape index (κ3) is 4.29. The Morgan fingerprint density at radius 1 is 1.13 bits per heavy atom. The molecule has 3 N–H and O–H groups in total. The highest BCUT2D eigenvalue weighted by molar-refractivity contribution is 5.27. The Balaban J connectivity index is 2.42. The van der Waals surface area contributed by atoms with Gasteiger partial charge in [-0.1, -0.05) is 12.1 Å². The molecule has 1 rings (SSSR count). The van der Waals surface area contributed by atoms with Gasteiger partial charge in [0, 0.05) is 6.61 Å². The Bertz CT molecular complexity index is 270. The number of aliphatic hydroxyl groups excluding tert-OH is 3. The van der Waals surface area contributed by atoms with E-state index in [2.05, 4.69) is 0 Å². The third-order valence-corrected chi connectivity index (χ3v) is 1.98. The van der Waals surface area contributed by atoms with Gasteiger partial charge in [-0.3, -0.25) is 0 Å². The summed E-state index contributed by atoms with van der Waals surface area (Å²) in [7, 11) is 0. The molecular formula is C11H16O4. The summed E-state index contributed by atoms with van der Waals surface area (Å²) in [6.07, 6.45) is -0.221. The minimum atomic E-state index is -0.845. The SMILES string of the molecule is OCCc1ccc(OC[C@@H](O)CO)cc1. The maximum Gasteiger partial charge on any atom is 0.119 e. The number of ether oxygens (including phenoxy) is 1. The van der Waals surface area contributed by atoms with Crippen molar-refractivity contribution in [2.75, 3.05) is 19.8 Å². The Kier molecular flexibility index (Phi) is 5.10. The van der Waals surface area contributed by atoms with E-state index in [-0.39, 0.29) is 19.8 Å². The first-order valence-electron chi connectivity index (χ1n) is 4.87. The van der Waals surface area contributed by atoms with Gasteiger partial charge in [0.25, 0.3) is 0 Å². The molecule has 0 aliphatic carbocycles. The maximum atomic E-state index is 9.05. The normalized spacial score (nSPS) is 12.5. The molecule has 0 radical (unpaired) electrons. The van der Waals surface area contributed by atoms with E-state index in [1.165, 1.54) is 0 Å². The minimum Gasteiger partial charge on any atom is -0.491 e. The van der Waals surface area contributed by atoms with Crippen molar-refractivity contribution in [1.29, 1.82) is 0 Å². The first-order chi connectivity index (χ1) is 7.26. The van der Waals surface area contributed by atoms with Crippen molar-refractivity contribution < 1.29 is 20.1 Å². The minimum absolute atomic E-state index is 0.0792. The van der Waals surface area contributed by atoms with Crippen molar-refractivity contribution in [3.63, 3.8) is 0 Å². The predicted molar refractivity (Wildman–Crippen MR) is 55.8 cm³/mol. The zero-order valence-corrected chi connectivity index (χ0v) is 8.47. The molecule has 4 nitrogen and oxygen atoms in total. The molecule has 15 heavy (non-hydrogen) atoms. The Morgan fingerprint density at radius 2 is 1.80 bits per heavy atom. The molecule has 0 heterocycles. The fraction of sp³-hybridized carbons (Fsp3) is 0.455. The van der Waals surface area contributed by atoms with Gasteiger partial charge in [-0.25, -0.2) is 0 Å². The van der Waals surface area contributed by atoms with Crippen LogP contribution >= 0.6 is 0 Å². The van der Waals surface area contributed by atoms with Crippen molar-refractivity contribution in [3.05, 3.63) is 29.8 Å². The van der Waals surface area contributed by atoms with Crippen LogP contribution in [0.1, 0.15) is 5.56 Å². The molecule has 1 atom stereocenters. The second-order valence-corrected chi connectivity index (χ2v) is 3.26. The Hall–Kier alpha value is -1.10. The average molecular weight is 212 g/mol. The lowest BCUT2D eigenvalue weighted by atomic mass is 10.1. The smallest absolute Gasteiger partial charge is 0.119 e. The number of aliphatic hydroxyl groups is 3. The van der Waals surface area contributed by atoms with Crippen molar-refractivity contribution in [2.24, 2.45) is 0 Å². The molecule has 84 valence electrons. The summed E-state index contributed by atoms with van der Waals surface area (Å²) in [6.45, 7) is -0.0954. The molecule has 0 aliphatic rings. The van der Waals surface area contributed by atoms with Crippen LogP contribution in [0.25, 0.3) is 0 Å². The van der Waals surface area contributed by atoms with Crippen molar-refractivity contribution >= 4 is 0 Å². The second kappa shape index (κ2) is 6.40. The number of hydrogen-bond donors (Lipinski definition) is 3. The van der Waals surface area contributed by atoms with Crippen LogP contribution in [0.5, 0.6) is 5.75 Å². The Labute approximate surface area is 88.8 Å². The number of rotatable bonds is 6. The first-order valence-corrected chi connectivity index (χ1v) is 4.87. The van der Waals surface area contributed by atoms with Crippen LogP contribution in [-0.2, 0) is 6.42 Å². The summed E-state index contributed by atoms with van der Waals surface area (Å²) >= 11 is 0. The predicted octanol–water partition coefficient (Wildman–Crippen LogP) is -0.0466. The lowest BCUT2D eigenvalue weighted by Crippen LogP contribution is -2.21. The summed E-state index contributed by atoms with van der Waals surface area (Å²) in [5, 5.41) is 26.3. The average Bonchev–Trinajstić information content (AvgIpc) is 2.28. The third-order valence-electron chi connectivity index (χ3n) is 1.98. The van der Waals surface area contributed by atoms with Gasteiger partial charge < -0.3 is 20.1 Å². The van der Waals surface area contributed by atoms with Crippen LogP contribution in [0.2, 0.25) is 0 Å². The van der Waals surface area contributed by atoms with Crippen LogP contribution in [0.15, 0.2) is 24.3 Å². The lowest BCUT2D eigenvalue weighted by molar-refractivity contribution is 0.0536. The summed E-state index contributed by atoms with van der Waals surface area (Å²) in [5.41, 5.74) is 1.03. The van der Waals surface area contributed by atoms with Gasteiger partial charge in [-0.15, -0.1) is 0 Å². The van der Waals surface area contributed by atoms with E-state index < -0.39 is 6.10 Å². The molecular weight excluding hydrogens is 196 g/mol. The van der Waals surface area contributed by atoms with Crippen LogP contribution in [0.4, 0.5) is 0 Å². The molecule has 0 spiro atoms. The topological polar surface area (TPSA) is 69.9 Å². The second-order valence-electron chi connectivity index (χ2n) is 3.26. The van der Waals surface area contributed by atoms with Crippen LogP contribution < -0.4 is 4.74 Å². The molecule has 0 amide bonds. The van der Waals surface area contributed by atoms with Crippen LogP contribution in [0.3, 0.4) is 0 Å². The molecule has 1 aromatic rings. The summed E-state index contributed by atoms with van der Waals surface area (Å²) < 4.78 is 5.22. The molecule has 0 bridgehead atoms. The highest BCUT2D eigenvalue weighted by atomic mass is 16.5. The monoisotopic (exact) mass is 212 g/mol. The molecule has 0 aromatic heterocycles. The van der Waals surface area contributed by atoms with Crippen LogP contribution in [0, 0.1) is 0 Å². The first kappa shape index (κ1) is 12.0. The van der Waals surface area contributed by atoms with Crippen molar-refractivity contribution in [2.45, 2.75) is 12.5 Å². The number of benzene rings is 1. The molecule has 0 aliphatic heterocycles. The summed E-state index contributed by atoms with van der Waals surface area (Å²) in [5.74, 6) is 0.643. The molecule has 1 aromatic carbocycles. The highest BCUT2D eigenvalue weighted by Crippen LogP contribution is 2.12. The Morgan fingerprint density at radius 3 is 2.33 bits per heavy atom. The van der Waals surface area contributed by atoms with E-state index >= 15 is 0 Å². The molecule has 0 saturated carbocycles. The molecule has 0 unspecified atom stereocenters. The van der Waals surface area contributed by atoms with E-state index in [4.69, 9.17) is 20.1 Å². The summed E-state index contributed by atoms with van der Waals surface area (Å²) in [6, 6.07) is 7.26. The highest BCUT2D eigenvalue weighted by Gasteiger charge is 2.02. The van der Waals surface area contributed by atoms with Gasteiger partial charge in [0.05, 0.1) is 6.61 Å². The maximum absolute atomic E-state index is 9.05. The van der Waals surface area contributed by atoms with Gasteiger partial charge in [0.15, 0.2) is 0 Å². The summed E-state index contributed by atoms with van der Waals surface area (Å²) in [4.78, 5) is 0. The van der Waals surface area contributed by atoms with Crippen molar-refractivity contribution in [3.8, 4) is 5.75 Å². The van der Waals surface area contributed by atoms with E-state index in [1.807, 2.05) is 12.1 Å². The quantitative estimate of drug-likeness (QED) is 0.618. The van der Waals surface area contributed by atoms with E-state index in [0.29, 0.717) is 12.2 Å². The largest absolute Gasteiger partial charge is 0.491 e. The molecule has 0 saturated heterocycles. The fourth-order valence-electron chi connectivity index (χ4n) is 1.13. The van der Waals surface area contributed by atoms with Crippen molar-refractivity contribution in [1.82, 2.24) is 0 Å². The number of hydrogen-bond acceptors (Lipinski definition) is 4. The fourth-order valence-corrected chi connectivity index (χ4v) is 1.13. The van der Waals surface area contributed by atoms with E-state index in [1.54, 1.807) is 12.1 Å². The van der Waals surface area contributed by atoms with Gasteiger partial charge >= 0.3 is 0 Å². The van der Waals surface area contributed by atoms with Gasteiger partial charge in [-0.05, 0) is 24.1 Å². The lowest BCUT2D eigenvalue weighted by Gasteiger charge is -2.09. The zero-order valence-electron chi connectivity index (χ0n) is 8.47. The van der Waals surface area contributed by atoms with Crippen LogP contribution in [-0.4, -0.2) is 41.2 Å². The van der Waals surface area contributed by atoms with Gasteiger partial charge in [0.2, 0.25) is 0 Å². The van der Waals surface area contributed by atoms with E-state index in [9.17, 15) is 0 Å². The van der Waals surface area contributed by atoms with Gasteiger partial charge in [-0.2, -0.15) is 0 Å². The molecule has 4 heteroatoms. The molecule has 0 fully saturated rings. The van der Waals surface area contributed by atoms with Gasteiger partial charge in [0.1, 0.15) is 18.5 Å². The van der Waals surface area contributed by atoms with E-state index in [0.717, 1.165) is 5.56 Å². The standard InChI is InChI=1S/C11H16O4/c12-6-5-9-1-3-11(4-2-9)15-8-10(14)7-13/h1-4,10,12-14H,5-8H2/t10-/m0/s1.